The topological polar surface area (TPSA) is 15.3 Å². The fourth-order valence-electron chi connectivity index (χ4n) is 2.98. The molecule has 0 amide bonds. The van der Waals surface area contributed by atoms with Crippen LogP contribution in [0.5, 0.6) is 0 Å². The van der Waals surface area contributed by atoms with E-state index in [2.05, 4.69) is 37.9 Å². The van der Waals surface area contributed by atoms with Gasteiger partial charge in [0.25, 0.3) is 0 Å². The quantitative estimate of drug-likeness (QED) is 0.772. The Balaban J connectivity index is 1.79. The van der Waals surface area contributed by atoms with Crippen molar-refractivity contribution in [1.82, 2.24) is 10.2 Å². The lowest BCUT2D eigenvalue weighted by Gasteiger charge is -2.24. The maximum Gasteiger partial charge on any atom is 0.0212 e. The molecular formula is C14H28N2. The van der Waals surface area contributed by atoms with E-state index < -0.39 is 0 Å². The van der Waals surface area contributed by atoms with Crippen LogP contribution in [-0.4, -0.2) is 35.6 Å². The molecular weight excluding hydrogens is 196 g/mol. The lowest BCUT2D eigenvalue weighted by Crippen LogP contribution is -2.41. The molecule has 0 aromatic carbocycles. The summed E-state index contributed by atoms with van der Waals surface area (Å²) in [6.45, 7) is 10.7. The van der Waals surface area contributed by atoms with Crippen molar-refractivity contribution < 1.29 is 0 Å². The average molecular weight is 224 g/mol. The molecule has 1 saturated heterocycles. The minimum atomic E-state index is 0.668. The zero-order valence-electron chi connectivity index (χ0n) is 11.4. The SMILES string of the molecule is CCC(C)C(C)NC1CC(C)N(C2CC2)C1. The minimum absolute atomic E-state index is 0.668. The highest BCUT2D eigenvalue weighted by Crippen LogP contribution is 2.33. The summed E-state index contributed by atoms with van der Waals surface area (Å²) in [4.78, 5) is 2.72. The van der Waals surface area contributed by atoms with E-state index in [1.54, 1.807) is 0 Å². The fourth-order valence-corrected chi connectivity index (χ4v) is 2.98. The first-order valence-corrected chi connectivity index (χ1v) is 7.13. The van der Waals surface area contributed by atoms with Crippen molar-refractivity contribution in [3.8, 4) is 0 Å². The van der Waals surface area contributed by atoms with Gasteiger partial charge in [0.05, 0.1) is 0 Å². The molecule has 0 aromatic heterocycles. The van der Waals surface area contributed by atoms with Gasteiger partial charge in [0.1, 0.15) is 0 Å². The van der Waals surface area contributed by atoms with Crippen LogP contribution in [0.4, 0.5) is 0 Å². The van der Waals surface area contributed by atoms with Gasteiger partial charge in [0, 0.05) is 30.7 Å². The van der Waals surface area contributed by atoms with E-state index in [4.69, 9.17) is 0 Å². The Labute approximate surface area is 101 Å². The van der Waals surface area contributed by atoms with E-state index >= 15 is 0 Å². The van der Waals surface area contributed by atoms with Crippen molar-refractivity contribution in [2.24, 2.45) is 5.92 Å². The molecule has 2 nitrogen and oxygen atoms in total. The van der Waals surface area contributed by atoms with Crippen molar-refractivity contribution in [3.63, 3.8) is 0 Å². The zero-order valence-corrected chi connectivity index (χ0v) is 11.4. The van der Waals surface area contributed by atoms with Gasteiger partial charge in [0.2, 0.25) is 0 Å². The number of rotatable bonds is 5. The van der Waals surface area contributed by atoms with E-state index in [1.165, 1.54) is 32.2 Å². The molecule has 94 valence electrons. The molecule has 4 atom stereocenters. The lowest BCUT2D eigenvalue weighted by molar-refractivity contribution is 0.252. The second-order valence-electron chi connectivity index (χ2n) is 6.05. The standard InChI is InChI=1S/C14H28N2/c1-5-10(2)12(4)15-13-8-11(3)16(9-13)14-6-7-14/h10-15H,5-9H2,1-4H3. The van der Waals surface area contributed by atoms with E-state index in [9.17, 15) is 0 Å². The third-order valence-electron chi connectivity index (χ3n) is 4.63. The lowest BCUT2D eigenvalue weighted by atomic mass is 9.99. The van der Waals surface area contributed by atoms with E-state index in [0.717, 1.165) is 24.0 Å². The summed E-state index contributed by atoms with van der Waals surface area (Å²) in [7, 11) is 0. The summed E-state index contributed by atoms with van der Waals surface area (Å²) in [5, 5.41) is 3.83. The second kappa shape index (κ2) is 5.05. The Hall–Kier alpha value is -0.0800. The summed E-state index contributed by atoms with van der Waals surface area (Å²) in [6, 6.07) is 3.13. The van der Waals surface area contributed by atoms with E-state index in [-0.39, 0.29) is 0 Å². The monoisotopic (exact) mass is 224 g/mol. The van der Waals surface area contributed by atoms with Crippen LogP contribution in [0.25, 0.3) is 0 Å². The molecule has 2 aliphatic rings. The first kappa shape index (κ1) is 12.4. The molecule has 0 spiro atoms. The summed E-state index contributed by atoms with van der Waals surface area (Å²) < 4.78 is 0. The number of nitrogens with one attached hydrogen (secondary N) is 1. The van der Waals surface area contributed by atoms with Gasteiger partial charge in [0.15, 0.2) is 0 Å². The minimum Gasteiger partial charge on any atom is -0.310 e. The summed E-state index contributed by atoms with van der Waals surface area (Å²) >= 11 is 0. The maximum atomic E-state index is 3.83. The Kier molecular flexibility index (Phi) is 3.91. The third-order valence-corrected chi connectivity index (χ3v) is 4.63. The third kappa shape index (κ3) is 2.78. The van der Waals surface area contributed by atoms with Gasteiger partial charge in [-0.2, -0.15) is 0 Å². The normalized spacial score (nSPS) is 35.2. The fraction of sp³-hybridized carbons (Fsp3) is 1.00. The van der Waals surface area contributed by atoms with Crippen molar-refractivity contribution >= 4 is 0 Å². The number of hydrogen-bond acceptors (Lipinski definition) is 2. The molecule has 1 heterocycles. The predicted molar refractivity (Wildman–Crippen MR) is 69.6 cm³/mol. The molecule has 1 aliphatic carbocycles. The molecule has 0 bridgehead atoms. The van der Waals surface area contributed by atoms with Crippen LogP contribution >= 0.6 is 0 Å². The van der Waals surface area contributed by atoms with Crippen LogP contribution in [0, 0.1) is 5.92 Å². The smallest absolute Gasteiger partial charge is 0.0212 e. The molecule has 1 saturated carbocycles. The van der Waals surface area contributed by atoms with Gasteiger partial charge in [-0.15, -0.1) is 0 Å². The summed E-state index contributed by atoms with van der Waals surface area (Å²) in [6.07, 6.45) is 5.51. The highest BCUT2D eigenvalue weighted by atomic mass is 15.3. The average Bonchev–Trinajstić information content (AvgIpc) is 3.03. The highest BCUT2D eigenvalue weighted by Gasteiger charge is 2.38. The Morgan fingerprint density at radius 1 is 1.31 bits per heavy atom. The molecule has 0 radical (unpaired) electrons. The van der Waals surface area contributed by atoms with Crippen LogP contribution in [0.3, 0.4) is 0 Å². The van der Waals surface area contributed by atoms with Crippen molar-refractivity contribution in [3.05, 3.63) is 0 Å². The molecule has 2 heteroatoms. The predicted octanol–water partition coefficient (Wildman–Crippen LogP) is 2.64. The number of likely N-dealkylation sites (tertiary alicyclic amines) is 1. The number of hydrogen-bond donors (Lipinski definition) is 1. The first-order valence-electron chi connectivity index (χ1n) is 7.13. The molecule has 0 aromatic rings. The zero-order chi connectivity index (χ0) is 11.7. The molecule has 2 fully saturated rings. The van der Waals surface area contributed by atoms with Gasteiger partial charge >= 0.3 is 0 Å². The molecule has 1 aliphatic heterocycles. The summed E-state index contributed by atoms with van der Waals surface area (Å²) in [5.74, 6) is 0.797. The Bertz CT molecular complexity index is 225. The van der Waals surface area contributed by atoms with Crippen molar-refractivity contribution in [2.45, 2.75) is 77.5 Å². The van der Waals surface area contributed by atoms with Gasteiger partial charge in [-0.3, -0.25) is 4.90 Å². The van der Waals surface area contributed by atoms with Crippen LogP contribution in [0.15, 0.2) is 0 Å². The van der Waals surface area contributed by atoms with Crippen LogP contribution in [0.2, 0.25) is 0 Å². The first-order chi connectivity index (χ1) is 7.61. The maximum absolute atomic E-state index is 3.83. The van der Waals surface area contributed by atoms with Crippen molar-refractivity contribution in [1.29, 1.82) is 0 Å². The second-order valence-corrected chi connectivity index (χ2v) is 6.05. The Morgan fingerprint density at radius 2 is 2.00 bits per heavy atom. The molecule has 4 unspecified atom stereocenters. The Morgan fingerprint density at radius 3 is 2.56 bits per heavy atom. The largest absolute Gasteiger partial charge is 0.310 e. The summed E-state index contributed by atoms with van der Waals surface area (Å²) in [5.41, 5.74) is 0. The van der Waals surface area contributed by atoms with Gasteiger partial charge in [-0.05, 0) is 39.0 Å². The van der Waals surface area contributed by atoms with Gasteiger partial charge < -0.3 is 5.32 Å². The van der Waals surface area contributed by atoms with Gasteiger partial charge in [-0.1, -0.05) is 20.3 Å². The van der Waals surface area contributed by atoms with Crippen LogP contribution in [0.1, 0.15) is 53.4 Å². The number of nitrogens with zero attached hydrogens (tertiary/aromatic N) is 1. The molecule has 16 heavy (non-hydrogen) atoms. The van der Waals surface area contributed by atoms with Crippen LogP contribution < -0.4 is 5.32 Å². The molecule has 2 rings (SSSR count). The van der Waals surface area contributed by atoms with Gasteiger partial charge in [-0.25, -0.2) is 0 Å². The van der Waals surface area contributed by atoms with Crippen LogP contribution in [-0.2, 0) is 0 Å². The highest BCUT2D eigenvalue weighted by molar-refractivity contribution is 4.96. The van der Waals surface area contributed by atoms with Crippen molar-refractivity contribution in [2.75, 3.05) is 6.54 Å². The molecule has 1 N–H and O–H groups in total. The van der Waals surface area contributed by atoms with E-state index in [1.807, 2.05) is 0 Å². The van der Waals surface area contributed by atoms with E-state index in [0.29, 0.717) is 6.04 Å².